The fourth-order valence-electron chi connectivity index (χ4n) is 1.82. The molecule has 3 N–H and O–H groups in total. The van der Waals surface area contributed by atoms with Crippen LogP contribution < -0.4 is 10.6 Å². The molecule has 100 valence electrons. The lowest BCUT2D eigenvalue weighted by Gasteiger charge is -2.15. The molecule has 0 aromatic carbocycles. The lowest BCUT2D eigenvalue weighted by atomic mass is 10.2. The van der Waals surface area contributed by atoms with E-state index in [-0.39, 0.29) is 11.6 Å². The Bertz CT molecular complexity index is 564. The number of H-pyrrole nitrogens is 1. The molecule has 2 aromatic rings. The van der Waals surface area contributed by atoms with E-state index in [1.165, 1.54) is 4.90 Å². The zero-order valence-corrected chi connectivity index (χ0v) is 11.1. The van der Waals surface area contributed by atoms with E-state index in [1.807, 2.05) is 6.92 Å². The molecule has 0 spiro atoms. The molecule has 0 aliphatic carbocycles. The van der Waals surface area contributed by atoms with E-state index < -0.39 is 0 Å². The number of carbonyl (C=O) groups is 1. The Labute approximate surface area is 111 Å². The van der Waals surface area contributed by atoms with Gasteiger partial charge in [0, 0.05) is 13.2 Å². The maximum atomic E-state index is 12.3. The van der Waals surface area contributed by atoms with Crippen LogP contribution in [0.25, 0.3) is 0 Å². The second-order valence-electron chi connectivity index (χ2n) is 4.29. The predicted octanol–water partition coefficient (Wildman–Crippen LogP) is 1.62. The normalized spacial score (nSPS) is 10.4. The molecule has 0 aliphatic heterocycles. The molecule has 6 heteroatoms. The largest absolute Gasteiger partial charge is 0.395 e. The molecule has 0 saturated carbocycles. The van der Waals surface area contributed by atoms with E-state index >= 15 is 0 Å². The molecule has 0 saturated heterocycles. The number of aryl methyl sites for hydroxylation is 1. The SMILES string of the molecule is CCCc1[nH]nc(C(=O)N(C)c2cccnc2)c1N. The summed E-state index contributed by atoms with van der Waals surface area (Å²) in [7, 11) is 1.67. The molecule has 2 rings (SSSR count). The first-order valence-electron chi connectivity index (χ1n) is 6.16. The van der Waals surface area contributed by atoms with Crippen molar-refractivity contribution in [2.75, 3.05) is 17.7 Å². The van der Waals surface area contributed by atoms with Gasteiger partial charge < -0.3 is 10.6 Å². The van der Waals surface area contributed by atoms with Gasteiger partial charge in [0.25, 0.3) is 5.91 Å². The molecule has 2 aromatic heterocycles. The molecular formula is C13H17N5O. The summed E-state index contributed by atoms with van der Waals surface area (Å²) in [6.45, 7) is 2.05. The molecule has 0 bridgehead atoms. The average molecular weight is 259 g/mol. The van der Waals surface area contributed by atoms with Crippen LogP contribution in [0.3, 0.4) is 0 Å². The first kappa shape index (κ1) is 13.1. The van der Waals surface area contributed by atoms with Gasteiger partial charge in [-0.05, 0) is 18.6 Å². The number of hydrogen-bond acceptors (Lipinski definition) is 4. The second-order valence-corrected chi connectivity index (χ2v) is 4.29. The summed E-state index contributed by atoms with van der Waals surface area (Å²) in [4.78, 5) is 17.8. The molecule has 0 atom stereocenters. The minimum absolute atomic E-state index is 0.246. The summed E-state index contributed by atoms with van der Waals surface area (Å²) in [5.41, 5.74) is 8.15. The highest BCUT2D eigenvalue weighted by Gasteiger charge is 2.21. The van der Waals surface area contributed by atoms with Crippen molar-refractivity contribution in [1.82, 2.24) is 15.2 Å². The van der Waals surface area contributed by atoms with Crippen molar-refractivity contribution in [3.63, 3.8) is 0 Å². The minimum Gasteiger partial charge on any atom is -0.395 e. The van der Waals surface area contributed by atoms with Crippen LogP contribution in [0.2, 0.25) is 0 Å². The summed E-state index contributed by atoms with van der Waals surface area (Å²) in [5.74, 6) is -0.246. The van der Waals surface area contributed by atoms with Crippen LogP contribution in [0.15, 0.2) is 24.5 Å². The van der Waals surface area contributed by atoms with Crippen LogP contribution in [-0.2, 0) is 6.42 Å². The number of nitrogens with zero attached hydrogens (tertiary/aromatic N) is 3. The molecule has 19 heavy (non-hydrogen) atoms. The average Bonchev–Trinajstić information content (AvgIpc) is 2.80. The van der Waals surface area contributed by atoms with Crippen molar-refractivity contribution in [1.29, 1.82) is 0 Å². The molecule has 0 unspecified atom stereocenters. The quantitative estimate of drug-likeness (QED) is 0.873. The highest BCUT2D eigenvalue weighted by molar-refractivity contribution is 6.07. The van der Waals surface area contributed by atoms with Crippen molar-refractivity contribution in [3.8, 4) is 0 Å². The second kappa shape index (κ2) is 5.51. The number of amides is 1. The van der Waals surface area contributed by atoms with Gasteiger partial charge >= 0.3 is 0 Å². The smallest absolute Gasteiger partial charge is 0.280 e. The first-order valence-corrected chi connectivity index (χ1v) is 6.16. The van der Waals surface area contributed by atoms with Crippen molar-refractivity contribution in [3.05, 3.63) is 35.9 Å². The third-order valence-corrected chi connectivity index (χ3v) is 2.92. The summed E-state index contributed by atoms with van der Waals surface area (Å²) < 4.78 is 0. The van der Waals surface area contributed by atoms with Crippen LogP contribution in [0.4, 0.5) is 11.4 Å². The molecular weight excluding hydrogens is 242 g/mol. The molecule has 1 amide bonds. The summed E-state index contributed by atoms with van der Waals surface area (Å²) >= 11 is 0. The number of rotatable bonds is 4. The Hall–Kier alpha value is -2.37. The lowest BCUT2D eigenvalue weighted by Crippen LogP contribution is -2.27. The molecule has 6 nitrogen and oxygen atoms in total. The molecule has 0 aliphatic rings. The Morgan fingerprint density at radius 3 is 2.95 bits per heavy atom. The van der Waals surface area contributed by atoms with E-state index in [0.29, 0.717) is 11.4 Å². The van der Waals surface area contributed by atoms with Gasteiger partial charge in [-0.25, -0.2) is 0 Å². The zero-order valence-electron chi connectivity index (χ0n) is 11.1. The maximum Gasteiger partial charge on any atom is 0.280 e. The third-order valence-electron chi connectivity index (χ3n) is 2.92. The Kier molecular flexibility index (Phi) is 3.79. The number of pyridine rings is 1. The van der Waals surface area contributed by atoms with Gasteiger partial charge in [-0.1, -0.05) is 13.3 Å². The van der Waals surface area contributed by atoms with Gasteiger partial charge in [0.2, 0.25) is 0 Å². The molecule has 0 radical (unpaired) electrons. The fraction of sp³-hybridized carbons (Fsp3) is 0.308. The number of anilines is 2. The number of nitrogens with two attached hydrogens (primary N) is 1. The summed E-state index contributed by atoms with van der Waals surface area (Å²) in [6.07, 6.45) is 5.00. The predicted molar refractivity (Wildman–Crippen MR) is 74.0 cm³/mol. The maximum absolute atomic E-state index is 12.3. The number of aromatic amines is 1. The standard InChI is InChI=1S/C13H17N5O/c1-3-5-10-11(14)12(17-16-10)13(19)18(2)9-6-4-7-15-8-9/h4,6-8H,3,5,14H2,1-2H3,(H,16,17). The zero-order chi connectivity index (χ0) is 13.8. The van der Waals surface area contributed by atoms with E-state index in [2.05, 4.69) is 15.2 Å². The highest BCUT2D eigenvalue weighted by Crippen LogP contribution is 2.19. The Balaban J connectivity index is 2.25. The minimum atomic E-state index is -0.246. The number of hydrogen-bond donors (Lipinski definition) is 2. The van der Waals surface area contributed by atoms with Gasteiger partial charge in [0.1, 0.15) is 0 Å². The number of aromatic nitrogens is 3. The highest BCUT2D eigenvalue weighted by atomic mass is 16.2. The monoisotopic (exact) mass is 259 g/mol. The van der Waals surface area contributed by atoms with Crippen molar-refractivity contribution >= 4 is 17.3 Å². The van der Waals surface area contributed by atoms with Gasteiger partial charge in [-0.3, -0.25) is 14.9 Å². The van der Waals surface area contributed by atoms with E-state index in [1.54, 1.807) is 31.6 Å². The van der Waals surface area contributed by atoms with E-state index in [4.69, 9.17) is 5.73 Å². The number of nitrogen functional groups attached to an aromatic ring is 1. The van der Waals surface area contributed by atoms with Crippen LogP contribution in [0, 0.1) is 0 Å². The summed E-state index contributed by atoms with van der Waals surface area (Å²) in [5, 5.41) is 6.84. The van der Waals surface area contributed by atoms with Gasteiger partial charge in [-0.15, -0.1) is 0 Å². The van der Waals surface area contributed by atoms with Crippen molar-refractivity contribution < 1.29 is 4.79 Å². The third kappa shape index (κ3) is 2.57. The van der Waals surface area contributed by atoms with Crippen LogP contribution in [-0.4, -0.2) is 28.1 Å². The van der Waals surface area contributed by atoms with Crippen LogP contribution in [0.1, 0.15) is 29.5 Å². The number of carbonyl (C=O) groups excluding carboxylic acids is 1. The van der Waals surface area contributed by atoms with Gasteiger partial charge in [-0.2, -0.15) is 5.10 Å². The Morgan fingerprint density at radius 2 is 2.32 bits per heavy atom. The first-order chi connectivity index (χ1) is 9.15. The van der Waals surface area contributed by atoms with Crippen molar-refractivity contribution in [2.45, 2.75) is 19.8 Å². The van der Waals surface area contributed by atoms with E-state index in [0.717, 1.165) is 18.5 Å². The topological polar surface area (TPSA) is 87.9 Å². The molecule has 0 fully saturated rings. The number of nitrogens with one attached hydrogen (secondary N) is 1. The summed E-state index contributed by atoms with van der Waals surface area (Å²) in [6, 6.07) is 3.58. The lowest BCUT2D eigenvalue weighted by molar-refractivity contribution is 0.0989. The van der Waals surface area contributed by atoms with E-state index in [9.17, 15) is 4.79 Å². The van der Waals surface area contributed by atoms with Crippen LogP contribution >= 0.6 is 0 Å². The Morgan fingerprint density at radius 1 is 1.53 bits per heavy atom. The van der Waals surface area contributed by atoms with Crippen molar-refractivity contribution in [2.24, 2.45) is 0 Å². The van der Waals surface area contributed by atoms with Crippen LogP contribution in [0.5, 0.6) is 0 Å². The van der Waals surface area contributed by atoms with Gasteiger partial charge in [0.15, 0.2) is 5.69 Å². The fourth-order valence-corrected chi connectivity index (χ4v) is 1.82. The molecule has 2 heterocycles. The van der Waals surface area contributed by atoms with Gasteiger partial charge in [0.05, 0.1) is 23.3 Å².